The molecular formula is C15H13BrFNO2. The molecule has 3 nitrogen and oxygen atoms in total. The summed E-state index contributed by atoms with van der Waals surface area (Å²) in [5.74, 6) is -0.845. The highest BCUT2D eigenvalue weighted by atomic mass is 79.9. The molecule has 0 amide bonds. The van der Waals surface area contributed by atoms with Crippen molar-refractivity contribution < 1.29 is 13.9 Å². The summed E-state index contributed by atoms with van der Waals surface area (Å²) >= 11 is 3.25. The normalized spacial score (nSPS) is 10.3. The number of halogens is 2. The molecule has 2 aromatic carbocycles. The van der Waals surface area contributed by atoms with Crippen LogP contribution < -0.4 is 5.73 Å². The third-order valence-electron chi connectivity index (χ3n) is 2.90. The Morgan fingerprint density at radius 1 is 1.30 bits per heavy atom. The summed E-state index contributed by atoms with van der Waals surface area (Å²) in [6.45, 7) is 1.86. The first kappa shape index (κ1) is 14.5. The lowest BCUT2D eigenvalue weighted by Crippen LogP contribution is -2.07. The number of hydrogen-bond acceptors (Lipinski definition) is 3. The van der Waals surface area contributed by atoms with Gasteiger partial charge in [0.05, 0.1) is 5.56 Å². The number of aryl methyl sites for hydroxylation is 1. The number of rotatable bonds is 3. The second-order valence-electron chi connectivity index (χ2n) is 4.38. The van der Waals surface area contributed by atoms with Crippen molar-refractivity contribution in [1.29, 1.82) is 0 Å². The molecule has 0 aliphatic rings. The van der Waals surface area contributed by atoms with Gasteiger partial charge in [-0.25, -0.2) is 9.18 Å². The van der Waals surface area contributed by atoms with Crippen LogP contribution in [0.1, 0.15) is 21.5 Å². The third-order valence-corrected chi connectivity index (χ3v) is 3.62. The maximum atomic E-state index is 13.1. The van der Waals surface area contributed by atoms with Crippen LogP contribution in [0.3, 0.4) is 0 Å². The van der Waals surface area contributed by atoms with Gasteiger partial charge in [0.15, 0.2) is 0 Å². The number of esters is 1. The SMILES string of the molecule is Cc1ccc(F)cc1COC(=O)c1ccc(Br)c(N)c1. The molecule has 0 fully saturated rings. The number of nitrogens with two attached hydrogens (primary N) is 1. The monoisotopic (exact) mass is 337 g/mol. The minimum absolute atomic E-state index is 0.0262. The highest BCUT2D eigenvalue weighted by molar-refractivity contribution is 9.10. The van der Waals surface area contributed by atoms with E-state index in [-0.39, 0.29) is 12.4 Å². The Bertz CT molecular complexity index is 658. The summed E-state index contributed by atoms with van der Waals surface area (Å²) in [4.78, 5) is 11.9. The van der Waals surface area contributed by atoms with E-state index < -0.39 is 5.97 Å². The largest absolute Gasteiger partial charge is 0.457 e. The predicted octanol–water partition coefficient (Wildman–Crippen LogP) is 3.84. The van der Waals surface area contributed by atoms with Crippen LogP contribution in [0.4, 0.5) is 10.1 Å². The molecule has 0 saturated carbocycles. The predicted molar refractivity (Wildman–Crippen MR) is 78.8 cm³/mol. The van der Waals surface area contributed by atoms with Crippen molar-refractivity contribution in [2.24, 2.45) is 0 Å². The van der Waals surface area contributed by atoms with Crippen molar-refractivity contribution in [1.82, 2.24) is 0 Å². The van der Waals surface area contributed by atoms with E-state index in [0.717, 1.165) is 10.0 Å². The first-order valence-corrected chi connectivity index (χ1v) is 6.74. The minimum Gasteiger partial charge on any atom is -0.457 e. The van der Waals surface area contributed by atoms with Gasteiger partial charge in [0.2, 0.25) is 0 Å². The number of ether oxygens (including phenoxy) is 1. The highest BCUT2D eigenvalue weighted by Crippen LogP contribution is 2.21. The van der Waals surface area contributed by atoms with Gasteiger partial charge < -0.3 is 10.5 Å². The lowest BCUT2D eigenvalue weighted by molar-refractivity contribution is 0.0472. The average Bonchev–Trinajstić information content (AvgIpc) is 2.42. The minimum atomic E-state index is -0.493. The van der Waals surface area contributed by atoms with Crippen molar-refractivity contribution in [2.45, 2.75) is 13.5 Å². The molecule has 0 atom stereocenters. The molecule has 0 aliphatic carbocycles. The van der Waals surface area contributed by atoms with E-state index in [1.807, 2.05) is 6.92 Å². The van der Waals surface area contributed by atoms with E-state index in [0.29, 0.717) is 16.8 Å². The summed E-state index contributed by atoms with van der Waals surface area (Å²) in [7, 11) is 0. The molecule has 2 rings (SSSR count). The average molecular weight is 338 g/mol. The third kappa shape index (κ3) is 3.36. The van der Waals surface area contributed by atoms with Gasteiger partial charge in [0, 0.05) is 10.2 Å². The Kier molecular flexibility index (Phi) is 4.39. The zero-order valence-corrected chi connectivity index (χ0v) is 12.4. The van der Waals surface area contributed by atoms with Gasteiger partial charge in [-0.1, -0.05) is 6.07 Å². The Morgan fingerprint density at radius 3 is 2.75 bits per heavy atom. The highest BCUT2D eigenvalue weighted by Gasteiger charge is 2.10. The van der Waals surface area contributed by atoms with Gasteiger partial charge in [-0.05, 0) is 64.3 Å². The van der Waals surface area contributed by atoms with Crippen LogP contribution in [0, 0.1) is 12.7 Å². The Balaban J connectivity index is 2.08. The molecule has 0 saturated heterocycles. The van der Waals surface area contributed by atoms with E-state index in [4.69, 9.17) is 10.5 Å². The smallest absolute Gasteiger partial charge is 0.338 e. The van der Waals surface area contributed by atoms with Gasteiger partial charge in [-0.3, -0.25) is 0 Å². The van der Waals surface area contributed by atoms with Crippen LogP contribution in [0.25, 0.3) is 0 Å². The standard InChI is InChI=1S/C15H13BrFNO2/c1-9-2-4-12(17)6-11(9)8-20-15(19)10-3-5-13(16)14(18)7-10/h2-7H,8,18H2,1H3. The lowest BCUT2D eigenvalue weighted by atomic mass is 10.1. The van der Waals surface area contributed by atoms with Crippen molar-refractivity contribution in [3.8, 4) is 0 Å². The van der Waals surface area contributed by atoms with E-state index in [1.165, 1.54) is 18.2 Å². The molecule has 0 aromatic heterocycles. The molecule has 0 heterocycles. The molecule has 0 bridgehead atoms. The number of hydrogen-bond donors (Lipinski definition) is 1. The maximum Gasteiger partial charge on any atom is 0.338 e. The molecule has 20 heavy (non-hydrogen) atoms. The Morgan fingerprint density at radius 2 is 2.05 bits per heavy atom. The Hall–Kier alpha value is -1.88. The number of nitrogen functional groups attached to an aromatic ring is 1. The summed E-state index contributed by atoms with van der Waals surface area (Å²) in [6, 6.07) is 9.20. The number of carbonyl (C=O) groups excluding carboxylic acids is 1. The van der Waals surface area contributed by atoms with Gasteiger partial charge in [-0.2, -0.15) is 0 Å². The first-order chi connectivity index (χ1) is 9.47. The van der Waals surface area contributed by atoms with Crippen LogP contribution in [-0.2, 0) is 11.3 Å². The molecule has 104 valence electrons. The van der Waals surface area contributed by atoms with Crippen LogP contribution in [0.2, 0.25) is 0 Å². The molecular weight excluding hydrogens is 325 g/mol. The van der Waals surface area contributed by atoms with Crippen molar-refractivity contribution in [3.63, 3.8) is 0 Å². The molecule has 5 heteroatoms. The summed E-state index contributed by atoms with van der Waals surface area (Å²) in [5, 5.41) is 0. The second-order valence-corrected chi connectivity index (χ2v) is 5.24. The van der Waals surface area contributed by atoms with Gasteiger partial charge in [0.25, 0.3) is 0 Å². The second kappa shape index (κ2) is 6.05. The van der Waals surface area contributed by atoms with E-state index in [9.17, 15) is 9.18 Å². The molecule has 2 aromatic rings. The zero-order chi connectivity index (χ0) is 14.7. The quantitative estimate of drug-likeness (QED) is 0.683. The van der Waals surface area contributed by atoms with E-state index >= 15 is 0 Å². The van der Waals surface area contributed by atoms with Gasteiger partial charge in [0.1, 0.15) is 12.4 Å². The number of carbonyl (C=O) groups is 1. The van der Waals surface area contributed by atoms with E-state index in [2.05, 4.69) is 15.9 Å². The molecule has 0 spiro atoms. The molecule has 2 N–H and O–H groups in total. The van der Waals surface area contributed by atoms with E-state index in [1.54, 1.807) is 18.2 Å². The number of anilines is 1. The maximum absolute atomic E-state index is 13.1. The molecule has 0 radical (unpaired) electrons. The number of benzene rings is 2. The Labute approximate surface area is 124 Å². The fourth-order valence-corrected chi connectivity index (χ4v) is 1.94. The van der Waals surface area contributed by atoms with Gasteiger partial charge in [-0.15, -0.1) is 0 Å². The van der Waals surface area contributed by atoms with Crippen LogP contribution in [0.5, 0.6) is 0 Å². The fourth-order valence-electron chi connectivity index (χ4n) is 1.69. The van der Waals surface area contributed by atoms with Crippen molar-refractivity contribution >= 4 is 27.6 Å². The molecule has 0 unspecified atom stereocenters. The van der Waals surface area contributed by atoms with Crippen LogP contribution in [-0.4, -0.2) is 5.97 Å². The first-order valence-electron chi connectivity index (χ1n) is 5.94. The fraction of sp³-hybridized carbons (Fsp3) is 0.133. The van der Waals surface area contributed by atoms with Crippen LogP contribution >= 0.6 is 15.9 Å². The summed E-state index contributed by atoms with van der Waals surface area (Å²) in [5.41, 5.74) is 8.04. The van der Waals surface area contributed by atoms with Crippen molar-refractivity contribution in [3.05, 3.63) is 63.4 Å². The van der Waals surface area contributed by atoms with Crippen LogP contribution in [0.15, 0.2) is 40.9 Å². The summed E-state index contributed by atoms with van der Waals surface area (Å²) < 4.78 is 19.0. The van der Waals surface area contributed by atoms with Gasteiger partial charge >= 0.3 is 5.97 Å². The van der Waals surface area contributed by atoms with Crippen molar-refractivity contribution in [2.75, 3.05) is 5.73 Å². The zero-order valence-electron chi connectivity index (χ0n) is 10.8. The lowest BCUT2D eigenvalue weighted by Gasteiger charge is -2.08. The summed E-state index contributed by atoms with van der Waals surface area (Å²) in [6.07, 6.45) is 0. The molecule has 0 aliphatic heterocycles. The topological polar surface area (TPSA) is 52.3 Å².